The highest BCUT2D eigenvalue weighted by atomic mass is 16.3. The summed E-state index contributed by atoms with van der Waals surface area (Å²) < 4.78 is 0. The van der Waals surface area contributed by atoms with Gasteiger partial charge in [-0.1, -0.05) is 18.2 Å². The van der Waals surface area contributed by atoms with E-state index in [4.69, 9.17) is 0 Å². The Morgan fingerprint density at radius 1 is 1.24 bits per heavy atom. The van der Waals surface area contributed by atoms with Crippen molar-refractivity contribution in [2.24, 2.45) is 0 Å². The van der Waals surface area contributed by atoms with Gasteiger partial charge < -0.3 is 15.1 Å². The second-order valence-corrected chi connectivity index (χ2v) is 5.22. The first-order chi connectivity index (χ1) is 7.99. The van der Waals surface area contributed by atoms with Crippen molar-refractivity contribution in [2.45, 2.75) is 38.4 Å². The lowest BCUT2D eigenvalue weighted by atomic mass is 9.93. The molecular formula is C14H21NO2. The number of hydrogen-bond donors (Lipinski definition) is 2. The topological polar surface area (TPSA) is 43.7 Å². The van der Waals surface area contributed by atoms with Crippen LogP contribution in [0.5, 0.6) is 0 Å². The van der Waals surface area contributed by atoms with Gasteiger partial charge in [0.1, 0.15) is 0 Å². The monoisotopic (exact) mass is 235 g/mol. The molecule has 1 aliphatic rings. The molecule has 1 atom stereocenters. The summed E-state index contributed by atoms with van der Waals surface area (Å²) in [6.07, 6.45) is 1.11. The van der Waals surface area contributed by atoms with Crippen molar-refractivity contribution in [3.05, 3.63) is 29.8 Å². The summed E-state index contributed by atoms with van der Waals surface area (Å²) in [6.45, 7) is 5.37. The smallest absolute Gasteiger partial charge is 0.0781 e. The maximum Gasteiger partial charge on any atom is 0.0781 e. The number of anilines is 1. The highest BCUT2D eigenvalue weighted by Gasteiger charge is 2.28. The van der Waals surface area contributed by atoms with Crippen LogP contribution in [0.2, 0.25) is 0 Å². The maximum absolute atomic E-state index is 9.94. The molecule has 0 radical (unpaired) electrons. The number of aliphatic hydroxyl groups is 2. The highest BCUT2D eigenvalue weighted by molar-refractivity contribution is 5.54. The molecule has 2 rings (SSSR count). The van der Waals surface area contributed by atoms with Crippen LogP contribution in [0.15, 0.2) is 24.3 Å². The maximum atomic E-state index is 9.94. The number of piperidine rings is 1. The van der Waals surface area contributed by atoms with Gasteiger partial charge >= 0.3 is 0 Å². The summed E-state index contributed by atoms with van der Waals surface area (Å²) in [6, 6.07) is 7.95. The first-order valence-corrected chi connectivity index (χ1v) is 6.24. The Balaban J connectivity index is 2.18. The normalized spacial score (nSPS) is 21.3. The van der Waals surface area contributed by atoms with Crippen LogP contribution in [0, 0.1) is 0 Å². The number of benzene rings is 1. The predicted molar refractivity (Wildman–Crippen MR) is 69.1 cm³/mol. The predicted octanol–water partition coefficient (Wildman–Crippen LogP) is 2.09. The quantitative estimate of drug-likeness (QED) is 0.825. The molecule has 94 valence electrons. The van der Waals surface area contributed by atoms with E-state index in [-0.39, 0.29) is 0 Å². The molecule has 2 N–H and O–H groups in total. The minimum atomic E-state index is -0.531. The third-order valence-electron chi connectivity index (χ3n) is 3.57. The Kier molecular flexibility index (Phi) is 3.40. The largest absolute Gasteiger partial charge is 0.390 e. The molecule has 0 spiro atoms. The van der Waals surface area contributed by atoms with Crippen LogP contribution in [-0.2, 0) is 0 Å². The molecule has 1 aromatic rings. The van der Waals surface area contributed by atoms with Crippen molar-refractivity contribution in [1.29, 1.82) is 0 Å². The van der Waals surface area contributed by atoms with Crippen molar-refractivity contribution in [2.75, 3.05) is 18.0 Å². The molecular weight excluding hydrogens is 214 g/mol. The first kappa shape index (κ1) is 12.4. The molecule has 0 aromatic heterocycles. The molecule has 0 bridgehead atoms. The van der Waals surface area contributed by atoms with E-state index in [0.717, 1.165) is 37.2 Å². The number of hydrogen-bond acceptors (Lipinski definition) is 3. The van der Waals surface area contributed by atoms with Crippen LogP contribution >= 0.6 is 0 Å². The van der Waals surface area contributed by atoms with Gasteiger partial charge in [0, 0.05) is 24.3 Å². The third kappa shape index (κ3) is 2.79. The third-order valence-corrected chi connectivity index (χ3v) is 3.57. The van der Waals surface area contributed by atoms with E-state index in [0.29, 0.717) is 0 Å². The Labute approximate surface area is 103 Å². The minimum absolute atomic E-state index is 0.450. The number of para-hydroxylation sites is 1. The van der Waals surface area contributed by atoms with Crippen molar-refractivity contribution in [3.63, 3.8) is 0 Å². The Morgan fingerprint density at radius 2 is 1.82 bits per heavy atom. The summed E-state index contributed by atoms with van der Waals surface area (Å²) in [4.78, 5) is 2.25. The van der Waals surface area contributed by atoms with E-state index in [2.05, 4.69) is 4.90 Å². The van der Waals surface area contributed by atoms with Crippen molar-refractivity contribution in [1.82, 2.24) is 0 Å². The number of aliphatic hydroxyl groups excluding tert-OH is 1. The van der Waals surface area contributed by atoms with Crippen LogP contribution in [0.1, 0.15) is 38.4 Å². The van der Waals surface area contributed by atoms with E-state index >= 15 is 0 Å². The second-order valence-electron chi connectivity index (χ2n) is 5.22. The van der Waals surface area contributed by atoms with E-state index < -0.39 is 11.7 Å². The molecule has 0 unspecified atom stereocenters. The van der Waals surface area contributed by atoms with Gasteiger partial charge in [-0.25, -0.2) is 0 Å². The summed E-state index contributed by atoms with van der Waals surface area (Å²) in [5.41, 5.74) is 1.53. The lowest BCUT2D eigenvalue weighted by Crippen LogP contribution is -2.42. The zero-order chi connectivity index (χ0) is 12.5. The summed E-state index contributed by atoms with van der Waals surface area (Å²) in [5.74, 6) is 0. The van der Waals surface area contributed by atoms with E-state index in [1.165, 1.54) is 0 Å². The molecule has 1 aromatic carbocycles. The average molecular weight is 235 g/mol. The fourth-order valence-corrected chi connectivity index (χ4v) is 2.36. The van der Waals surface area contributed by atoms with Crippen molar-refractivity contribution >= 4 is 5.69 Å². The van der Waals surface area contributed by atoms with Gasteiger partial charge in [0.05, 0.1) is 11.7 Å². The van der Waals surface area contributed by atoms with Gasteiger partial charge in [-0.3, -0.25) is 0 Å². The zero-order valence-electron chi connectivity index (χ0n) is 10.6. The highest BCUT2D eigenvalue weighted by Crippen LogP contribution is 2.30. The second kappa shape index (κ2) is 4.67. The van der Waals surface area contributed by atoms with Gasteiger partial charge in [0.2, 0.25) is 0 Å². The van der Waals surface area contributed by atoms with E-state index in [1.807, 2.05) is 31.2 Å². The molecule has 17 heavy (non-hydrogen) atoms. The molecule has 1 aliphatic heterocycles. The summed E-state index contributed by atoms with van der Waals surface area (Å²) in [7, 11) is 0. The molecule has 0 aliphatic carbocycles. The first-order valence-electron chi connectivity index (χ1n) is 6.24. The number of nitrogens with zero attached hydrogens (tertiary/aromatic N) is 1. The Bertz CT molecular complexity index is 378. The molecule has 1 saturated heterocycles. The Morgan fingerprint density at radius 3 is 2.41 bits per heavy atom. The van der Waals surface area contributed by atoms with Crippen LogP contribution in [0.4, 0.5) is 5.69 Å². The lowest BCUT2D eigenvalue weighted by Gasteiger charge is -2.38. The lowest BCUT2D eigenvalue weighted by molar-refractivity contribution is 0.0350. The van der Waals surface area contributed by atoms with Crippen LogP contribution in [0.3, 0.4) is 0 Å². The molecule has 3 heteroatoms. The summed E-state index contributed by atoms with van der Waals surface area (Å²) in [5, 5.41) is 19.7. The van der Waals surface area contributed by atoms with E-state index in [1.54, 1.807) is 6.92 Å². The molecule has 0 amide bonds. The molecule has 0 saturated carbocycles. The molecule has 1 fully saturated rings. The van der Waals surface area contributed by atoms with Crippen molar-refractivity contribution < 1.29 is 10.2 Å². The van der Waals surface area contributed by atoms with Gasteiger partial charge in [-0.05, 0) is 32.8 Å². The van der Waals surface area contributed by atoms with Crippen LogP contribution in [0.25, 0.3) is 0 Å². The van der Waals surface area contributed by atoms with Crippen LogP contribution < -0.4 is 4.90 Å². The van der Waals surface area contributed by atoms with Gasteiger partial charge in [-0.2, -0.15) is 0 Å². The standard InChI is InChI=1S/C14H21NO2/c1-11(16)12-5-3-4-6-13(12)15-9-7-14(2,17)8-10-15/h3-6,11,16-17H,7-10H2,1-2H3/t11-/m1/s1. The SMILES string of the molecule is C[C@@H](O)c1ccccc1N1CCC(C)(O)CC1. The minimum Gasteiger partial charge on any atom is -0.390 e. The fraction of sp³-hybridized carbons (Fsp3) is 0.571. The fourth-order valence-electron chi connectivity index (χ4n) is 2.36. The van der Waals surface area contributed by atoms with Gasteiger partial charge in [-0.15, -0.1) is 0 Å². The molecule has 3 nitrogen and oxygen atoms in total. The summed E-state index contributed by atoms with van der Waals surface area (Å²) >= 11 is 0. The zero-order valence-corrected chi connectivity index (χ0v) is 10.6. The van der Waals surface area contributed by atoms with Gasteiger partial charge in [0.25, 0.3) is 0 Å². The van der Waals surface area contributed by atoms with Crippen LogP contribution in [-0.4, -0.2) is 28.9 Å². The number of rotatable bonds is 2. The Hall–Kier alpha value is -1.06. The van der Waals surface area contributed by atoms with Gasteiger partial charge in [0.15, 0.2) is 0 Å². The molecule has 1 heterocycles. The average Bonchev–Trinajstić information content (AvgIpc) is 2.29. The van der Waals surface area contributed by atoms with E-state index in [9.17, 15) is 10.2 Å². The van der Waals surface area contributed by atoms with Crippen molar-refractivity contribution in [3.8, 4) is 0 Å².